The number of anilines is 1. The minimum Gasteiger partial charge on any atom is -0.394 e. The molecular formula is C10H12BrF2NO2. The number of ether oxygens (including phenoxy) is 1. The van der Waals surface area contributed by atoms with Gasteiger partial charge in [-0.25, -0.2) is 8.78 Å². The Kier molecular flexibility index (Phi) is 5.65. The van der Waals surface area contributed by atoms with Gasteiger partial charge in [-0.3, -0.25) is 0 Å². The molecule has 1 aromatic rings. The Morgan fingerprint density at radius 3 is 2.69 bits per heavy atom. The van der Waals surface area contributed by atoms with E-state index < -0.39 is 11.6 Å². The van der Waals surface area contributed by atoms with Gasteiger partial charge in [0, 0.05) is 12.6 Å². The first-order chi connectivity index (χ1) is 7.65. The number of nitrogens with one attached hydrogen (secondary N) is 1. The molecule has 0 spiro atoms. The summed E-state index contributed by atoms with van der Waals surface area (Å²) >= 11 is 2.97. The first-order valence-corrected chi connectivity index (χ1v) is 5.51. The molecule has 0 atom stereocenters. The summed E-state index contributed by atoms with van der Waals surface area (Å²) in [5.74, 6) is -1.29. The second kappa shape index (κ2) is 6.78. The molecule has 90 valence electrons. The van der Waals surface area contributed by atoms with Gasteiger partial charge >= 0.3 is 0 Å². The Balaban J connectivity index is 2.45. The molecule has 0 heterocycles. The highest BCUT2D eigenvalue weighted by molar-refractivity contribution is 9.10. The van der Waals surface area contributed by atoms with E-state index in [9.17, 15) is 8.78 Å². The highest BCUT2D eigenvalue weighted by Gasteiger charge is 2.07. The van der Waals surface area contributed by atoms with Crippen LogP contribution in [0.2, 0.25) is 0 Å². The fourth-order valence-corrected chi connectivity index (χ4v) is 1.43. The standard InChI is InChI=1S/C10H12BrF2NO2/c11-7-5-10(9(13)6-8(7)12)14-1-3-16-4-2-15/h5-6,14-15H,1-4H2. The van der Waals surface area contributed by atoms with Crippen LogP contribution in [0.4, 0.5) is 14.5 Å². The average molecular weight is 296 g/mol. The Morgan fingerprint density at radius 2 is 2.00 bits per heavy atom. The summed E-state index contributed by atoms with van der Waals surface area (Å²) in [6.07, 6.45) is 0. The SMILES string of the molecule is OCCOCCNc1cc(Br)c(F)cc1F. The van der Waals surface area contributed by atoms with Crippen LogP contribution in [-0.2, 0) is 4.74 Å². The number of hydrogen-bond acceptors (Lipinski definition) is 3. The van der Waals surface area contributed by atoms with Crippen molar-refractivity contribution in [3.05, 3.63) is 28.2 Å². The molecule has 0 fully saturated rings. The van der Waals surface area contributed by atoms with Gasteiger partial charge < -0.3 is 15.2 Å². The smallest absolute Gasteiger partial charge is 0.149 e. The molecule has 0 saturated carbocycles. The van der Waals surface area contributed by atoms with Gasteiger partial charge in [0.1, 0.15) is 11.6 Å². The molecule has 0 radical (unpaired) electrons. The molecule has 6 heteroatoms. The van der Waals surface area contributed by atoms with Gasteiger partial charge in [-0.15, -0.1) is 0 Å². The Morgan fingerprint density at radius 1 is 1.25 bits per heavy atom. The maximum absolute atomic E-state index is 13.2. The van der Waals surface area contributed by atoms with Crippen LogP contribution in [0.5, 0.6) is 0 Å². The zero-order valence-electron chi connectivity index (χ0n) is 8.47. The molecule has 0 aliphatic heterocycles. The summed E-state index contributed by atoms with van der Waals surface area (Å²) in [5, 5.41) is 11.2. The topological polar surface area (TPSA) is 41.5 Å². The molecule has 0 aliphatic rings. The number of halogens is 3. The van der Waals surface area contributed by atoms with Gasteiger partial charge in [-0.05, 0) is 22.0 Å². The average Bonchev–Trinajstić information content (AvgIpc) is 2.25. The summed E-state index contributed by atoms with van der Waals surface area (Å²) in [4.78, 5) is 0. The Bertz CT molecular complexity index is 350. The molecule has 0 aliphatic carbocycles. The van der Waals surface area contributed by atoms with E-state index in [2.05, 4.69) is 21.2 Å². The maximum atomic E-state index is 13.2. The van der Waals surface area contributed by atoms with Crippen LogP contribution >= 0.6 is 15.9 Å². The zero-order chi connectivity index (χ0) is 12.0. The number of hydrogen-bond donors (Lipinski definition) is 2. The molecule has 0 aromatic heterocycles. The second-order valence-corrected chi connectivity index (χ2v) is 3.86. The van der Waals surface area contributed by atoms with Gasteiger partial charge in [-0.1, -0.05) is 0 Å². The monoisotopic (exact) mass is 295 g/mol. The van der Waals surface area contributed by atoms with E-state index in [0.717, 1.165) is 6.07 Å². The summed E-state index contributed by atoms with van der Waals surface area (Å²) in [6, 6.07) is 2.14. The van der Waals surface area contributed by atoms with Crippen molar-refractivity contribution < 1.29 is 18.6 Å². The number of aliphatic hydroxyl groups excluding tert-OH is 1. The van der Waals surface area contributed by atoms with E-state index in [0.29, 0.717) is 13.2 Å². The lowest BCUT2D eigenvalue weighted by atomic mass is 10.3. The van der Waals surface area contributed by atoms with Crippen LogP contribution in [0.15, 0.2) is 16.6 Å². The van der Waals surface area contributed by atoms with Crippen LogP contribution in [0.3, 0.4) is 0 Å². The number of aliphatic hydroxyl groups is 1. The van der Waals surface area contributed by atoms with Gasteiger partial charge in [0.2, 0.25) is 0 Å². The third kappa shape index (κ3) is 4.03. The lowest BCUT2D eigenvalue weighted by molar-refractivity contribution is 0.0992. The van der Waals surface area contributed by atoms with Crippen molar-refractivity contribution in [1.29, 1.82) is 0 Å². The predicted molar refractivity (Wildman–Crippen MR) is 60.5 cm³/mol. The molecule has 2 N–H and O–H groups in total. The molecule has 0 saturated heterocycles. The summed E-state index contributed by atoms with van der Waals surface area (Å²) < 4.78 is 31.3. The van der Waals surface area contributed by atoms with E-state index in [4.69, 9.17) is 9.84 Å². The van der Waals surface area contributed by atoms with Gasteiger partial charge in [0.15, 0.2) is 0 Å². The minimum absolute atomic E-state index is 0.0452. The van der Waals surface area contributed by atoms with Crippen LogP contribution in [-0.4, -0.2) is 31.5 Å². The first kappa shape index (κ1) is 13.3. The highest BCUT2D eigenvalue weighted by Crippen LogP contribution is 2.23. The van der Waals surface area contributed by atoms with Gasteiger partial charge in [0.05, 0.1) is 30.0 Å². The zero-order valence-corrected chi connectivity index (χ0v) is 10.1. The van der Waals surface area contributed by atoms with Crippen molar-refractivity contribution in [1.82, 2.24) is 0 Å². The van der Waals surface area contributed by atoms with Gasteiger partial charge in [-0.2, -0.15) is 0 Å². The molecule has 16 heavy (non-hydrogen) atoms. The van der Waals surface area contributed by atoms with E-state index in [-0.39, 0.29) is 23.4 Å². The van der Waals surface area contributed by atoms with Crippen molar-refractivity contribution in [2.75, 3.05) is 31.7 Å². The van der Waals surface area contributed by atoms with E-state index >= 15 is 0 Å². The maximum Gasteiger partial charge on any atom is 0.149 e. The van der Waals surface area contributed by atoms with Crippen molar-refractivity contribution in [2.45, 2.75) is 0 Å². The lowest BCUT2D eigenvalue weighted by Gasteiger charge is -2.08. The summed E-state index contributed by atoms with van der Waals surface area (Å²) in [7, 11) is 0. The van der Waals surface area contributed by atoms with Crippen LogP contribution in [0, 0.1) is 11.6 Å². The molecule has 0 bridgehead atoms. The molecule has 1 rings (SSSR count). The largest absolute Gasteiger partial charge is 0.394 e. The van der Waals surface area contributed by atoms with E-state index in [1.807, 2.05) is 0 Å². The molecule has 3 nitrogen and oxygen atoms in total. The molecule has 0 amide bonds. The van der Waals surface area contributed by atoms with Crippen molar-refractivity contribution >= 4 is 21.6 Å². The predicted octanol–water partition coefficient (Wildman–Crippen LogP) is 2.15. The third-order valence-electron chi connectivity index (χ3n) is 1.81. The third-order valence-corrected chi connectivity index (χ3v) is 2.42. The highest BCUT2D eigenvalue weighted by atomic mass is 79.9. The Hall–Kier alpha value is -0.720. The molecular weight excluding hydrogens is 284 g/mol. The van der Waals surface area contributed by atoms with Crippen molar-refractivity contribution in [3.63, 3.8) is 0 Å². The minimum atomic E-state index is -0.650. The Labute approximate surface area is 101 Å². The van der Waals surface area contributed by atoms with Crippen LogP contribution in [0.25, 0.3) is 0 Å². The fraction of sp³-hybridized carbons (Fsp3) is 0.400. The normalized spacial score (nSPS) is 10.5. The quantitative estimate of drug-likeness (QED) is 0.624. The van der Waals surface area contributed by atoms with Crippen molar-refractivity contribution in [3.8, 4) is 0 Å². The van der Waals surface area contributed by atoms with E-state index in [1.54, 1.807) is 0 Å². The molecule has 0 unspecified atom stereocenters. The summed E-state index contributed by atoms with van der Waals surface area (Å²) in [6.45, 7) is 0.928. The van der Waals surface area contributed by atoms with E-state index in [1.165, 1.54) is 6.07 Å². The van der Waals surface area contributed by atoms with Crippen molar-refractivity contribution in [2.24, 2.45) is 0 Å². The van der Waals surface area contributed by atoms with Gasteiger partial charge in [0.25, 0.3) is 0 Å². The van der Waals surface area contributed by atoms with Crippen LogP contribution < -0.4 is 5.32 Å². The second-order valence-electron chi connectivity index (χ2n) is 3.01. The summed E-state index contributed by atoms with van der Waals surface area (Å²) in [5.41, 5.74) is 0.209. The van der Waals surface area contributed by atoms with Crippen LogP contribution in [0.1, 0.15) is 0 Å². The first-order valence-electron chi connectivity index (χ1n) is 4.72. The fourth-order valence-electron chi connectivity index (χ4n) is 1.08. The lowest BCUT2D eigenvalue weighted by Crippen LogP contribution is -2.12. The number of rotatable bonds is 6. The number of benzene rings is 1. The molecule has 1 aromatic carbocycles.